The quantitative estimate of drug-likeness (QED) is 0.673. The van der Waals surface area contributed by atoms with Crippen molar-refractivity contribution in [3.05, 3.63) is 71.8 Å². The van der Waals surface area contributed by atoms with Crippen LogP contribution in [0.3, 0.4) is 0 Å². The molecule has 6 nitrogen and oxygen atoms in total. The maximum atomic E-state index is 9.37. The molecular weight excluding hydrogens is 334 g/mol. The summed E-state index contributed by atoms with van der Waals surface area (Å²) < 4.78 is 23.6. The summed E-state index contributed by atoms with van der Waals surface area (Å²) in [5.74, 6) is 0. The fraction of sp³-hybridized carbons (Fsp3) is 0.350. The first-order valence-corrected chi connectivity index (χ1v) is 8.67. The first-order chi connectivity index (χ1) is 12.8. The van der Waals surface area contributed by atoms with Crippen LogP contribution in [0.4, 0.5) is 0 Å². The van der Waals surface area contributed by atoms with Gasteiger partial charge in [-0.3, -0.25) is 0 Å². The zero-order valence-corrected chi connectivity index (χ0v) is 14.2. The summed E-state index contributed by atoms with van der Waals surface area (Å²) >= 11 is 0. The lowest BCUT2D eigenvalue weighted by molar-refractivity contribution is -0.294. The molecule has 6 heteroatoms. The van der Waals surface area contributed by atoms with Crippen molar-refractivity contribution in [1.29, 1.82) is 0 Å². The third-order valence-electron chi connectivity index (χ3n) is 4.55. The van der Waals surface area contributed by atoms with Crippen LogP contribution in [-0.2, 0) is 25.6 Å². The minimum absolute atomic E-state index is 0.239. The molecule has 2 aliphatic heterocycles. The van der Waals surface area contributed by atoms with E-state index in [4.69, 9.17) is 18.9 Å². The molecule has 0 aliphatic carbocycles. The van der Waals surface area contributed by atoms with Crippen LogP contribution < -0.4 is 0 Å². The van der Waals surface area contributed by atoms with Crippen LogP contribution in [0.2, 0.25) is 0 Å². The van der Waals surface area contributed by atoms with E-state index in [1.165, 1.54) is 0 Å². The molecule has 0 spiro atoms. The van der Waals surface area contributed by atoms with Gasteiger partial charge >= 0.3 is 0 Å². The molecule has 2 aliphatic rings. The third kappa shape index (κ3) is 3.78. The van der Waals surface area contributed by atoms with E-state index in [1.54, 1.807) is 0 Å². The van der Waals surface area contributed by atoms with E-state index < -0.39 is 12.6 Å². The van der Waals surface area contributed by atoms with Gasteiger partial charge < -0.3 is 24.2 Å². The summed E-state index contributed by atoms with van der Waals surface area (Å²) in [6.45, 7) is 0.768. The lowest BCUT2D eigenvalue weighted by Gasteiger charge is -2.41. The number of rotatable bonds is 4. The predicted octanol–water partition coefficient (Wildman–Crippen LogP) is 3.26. The van der Waals surface area contributed by atoms with Crippen molar-refractivity contribution in [2.45, 2.75) is 37.8 Å². The van der Waals surface area contributed by atoms with Crippen LogP contribution in [-0.4, -0.2) is 36.0 Å². The molecule has 4 rings (SSSR count). The Balaban J connectivity index is 1.39. The number of ether oxygens (including phenoxy) is 4. The second-order valence-electron chi connectivity index (χ2n) is 6.35. The zero-order chi connectivity index (χ0) is 17.8. The summed E-state index contributed by atoms with van der Waals surface area (Å²) in [5.41, 5.74) is 2.41. The van der Waals surface area contributed by atoms with E-state index in [0.717, 1.165) is 11.1 Å². The number of benzene rings is 2. The van der Waals surface area contributed by atoms with Crippen LogP contribution >= 0.6 is 0 Å². The van der Waals surface area contributed by atoms with Gasteiger partial charge in [-0.1, -0.05) is 65.8 Å². The highest BCUT2D eigenvalue weighted by Crippen LogP contribution is 2.33. The van der Waals surface area contributed by atoms with Crippen LogP contribution in [0.1, 0.15) is 23.8 Å². The fourth-order valence-corrected chi connectivity index (χ4v) is 3.18. The zero-order valence-electron chi connectivity index (χ0n) is 14.2. The Morgan fingerprint density at radius 1 is 0.962 bits per heavy atom. The van der Waals surface area contributed by atoms with E-state index >= 15 is 0 Å². The van der Waals surface area contributed by atoms with E-state index in [-0.39, 0.29) is 12.2 Å². The summed E-state index contributed by atoms with van der Waals surface area (Å²) in [7, 11) is 0. The Hall–Kier alpha value is -2.25. The van der Waals surface area contributed by atoms with Gasteiger partial charge in [-0.25, -0.2) is 0 Å². The van der Waals surface area contributed by atoms with E-state index in [0.29, 0.717) is 25.3 Å². The van der Waals surface area contributed by atoms with Crippen molar-refractivity contribution in [3.8, 4) is 0 Å². The Morgan fingerprint density at radius 2 is 1.69 bits per heavy atom. The second-order valence-corrected chi connectivity index (χ2v) is 6.35. The number of hydrogen-bond donors (Lipinski definition) is 1. The summed E-state index contributed by atoms with van der Waals surface area (Å²) in [4.78, 5) is 0. The molecule has 2 fully saturated rings. The molecular formula is C20H21NO5. The maximum absolute atomic E-state index is 9.37. The van der Waals surface area contributed by atoms with E-state index in [1.807, 2.05) is 60.7 Å². The lowest BCUT2D eigenvalue weighted by atomic mass is 10.0. The smallest absolute Gasteiger partial charge is 0.201 e. The standard InChI is InChI=1S/C20H21NO5/c22-21-16-11-17-18(13-24-19(25-17)15-9-5-2-6-10-15)26-20(16)23-12-14-7-3-1-4-8-14/h1-10,17-20,22H,11-13H2/b21-16-/t17-,18+,19-,20-/m0/s1. The van der Waals surface area contributed by atoms with E-state index in [2.05, 4.69) is 5.16 Å². The number of fused-ring (bicyclic) bond motifs is 1. The molecule has 2 heterocycles. The SMILES string of the molecule is O/N=C1/C[C@@H]2O[C@@H](c3ccccc3)OC[C@H]2O[C@@H]1OCc1ccccc1. The molecule has 2 saturated heterocycles. The lowest BCUT2D eigenvalue weighted by Crippen LogP contribution is -2.52. The Kier molecular flexibility index (Phi) is 5.26. The van der Waals surface area contributed by atoms with Gasteiger partial charge in [-0.15, -0.1) is 0 Å². The monoisotopic (exact) mass is 355 g/mol. The predicted molar refractivity (Wildman–Crippen MR) is 93.7 cm³/mol. The molecule has 2 aromatic rings. The van der Waals surface area contributed by atoms with Crippen LogP contribution in [0.5, 0.6) is 0 Å². The molecule has 0 saturated carbocycles. The average molecular weight is 355 g/mol. The maximum Gasteiger partial charge on any atom is 0.201 e. The van der Waals surface area contributed by atoms with Crippen molar-refractivity contribution >= 4 is 5.71 Å². The minimum Gasteiger partial charge on any atom is -0.411 e. The van der Waals surface area contributed by atoms with Crippen LogP contribution in [0.25, 0.3) is 0 Å². The van der Waals surface area contributed by atoms with E-state index in [9.17, 15) is 5.21 Å². The summed E-state index contributed by atoms with van der Waals surface area (Å²) in [6.07, 6.45) is -1.21. The minimum atomic E-state index is -0.707. The Bertz CT molecular complexity index is 736. The molecule has 0 bridgehead atoms. The Morgan fingerprint density at radius 3 is 2.42 bits per heavy atom. The molecule has 4 atom stereocenters. The highest BCUT2D eigenvalue weighted by molar-refractivity contribution is 5.88. The fourth-order valence-electron chi connectivity index (χ4n) is 3.18. The largest absolute Gasteiger partial charge is 0.411 e. The molecule has 2 aromatic carbocycles. The number of nitrogens with zero attached hydrogens (tertiary/aromatic N) is 1. The molecule has 26 heavy (non-hydrogen) atoms. The van der Waals surface area contributed by atoms with Gasteiger partial charge in [-0.2, -0.15) is 0 Å². The molecule has 0 aromatic heterocycles. The molecule has 136 valence electrons. The number of oxime groups is 1. The topological polar surface area (TPSA) is 69.5 Å². The van der Waals surface area contributed by atoms with Crippen LogP contribution in [0, 0.1) is 0 Å². The third-order valence-corrected chi connectivity index (χ3v) is 4.55. The summed E-state index contributed by atoms with van der Waals surface area (Å²) in [5, 5.41) is 12.7. The van der Waals surface area contributed by atoms with Crippen molar-refractivity contribution < 1.29 is 24.2 Å². The molecule has 0 unspecified atom stereocenters. The van der Waals surface area contributed by atoms with Gasteiger partial charge in [0, 0.05) is 12.0 Å². The molecule has 1 N–H and O–H groups in total. The van der Waals surface area contributed by atoms with Crippen molar-refractivity contribution in [2.75, 3.05) is 6.61 Å². The Labute approximate surface area is 151 Å². The van der Waals surface area contributed by atoms with Gasteiger partial charge in [0.2, 0.25) is 6.29 Å². The highest BCUT2D eigenvalue weighted by atomic mass is 16.7. The van der Waals surface area contributed by atoms with Crippen LogP contribution in [0.15, 0.2) is 65.8 Å². The molecule has 0 amide bonds. The average Bonchev–Trinajstić information content (AvgIpc) is 2.72. The van der Waals surface area contributed by atoms with Gasteiger partial charge in [0.1, 0.15) is 11.8 Å². The second kappa shape index (κ2) is 7.97. The summed E-state index contributed by atoms with van der Waals surface area (Å²) in [6, 6.07) is 19.5. The van der Waals surface area contributed by atoms with Gasteiger partial charge in [0.25, 0.3) is 0 Å². The molecule has 0 radical (unpaired) electrons. The van der Waals surface area contributed by atoms with Gasteiger partial charge in [0.15, 0.2) is 6.29 Å². The van der Waals surface area contributed by atoms with Crippen molar-refractivity contribution in [1.82, 2.24) is 0 Å². The van der Waals surface area contributed by atoms with Crippen molar-refractivity contribution in [3.63, 3.8) is 0 Å². The van der Waals surface area contributed by atoms with Crippen molar-refractivity contribution in [2.24, 2.45) is 5.16 Å². The normalized spacial score (nSPS) is 30.1. The number of hydrogen-bond acceptors (Lipinski definition) is 6. The van der Waals surface area contributed by atoms with Gasteiger partial charge in [-0.05, 0) is 5.56 Å². The highest BCUT2D eigenvalue weighted by Gasteiger charge is 2.42. The first-order valence-electron chi connectivity index (χ1n) is 8.67. The first kappa shape index (κ1) is 17.2. The van der Waals surface area contributed by atoms with Gasteiger partial charge in [0.05, 0.1) is 19.3 Å².